The molecule has 2 rings (SSSR count). The number of benzene rings is 1. The Morgan fingerprint density at radius 3 is 2.45 bits per heavy atom. The van der Waals surface area contributed by atoms with Crippen LogP contribution in [0.4, 0.5) is 0 Å². The number of aromatic nitrogens is 2. The molecule has 2 aromatic rings. The third-order valence-electron chi connectivity index (χ3n) is 2.91. The summed E-state index contributed by atoms with van der Waals surface area (Å²) < 4.78 is 5.74. The van der Waals surface area contributed by atoms with Crippen molar-refractivity contribution in [2.24, 2.45) is 0 Å². The van der Waals surface area contributed by atoms with Crippen molar-refractivity contribution in [2.45, 2.75) is 32.9 Å². The van der Waals surface area contributed by atoms with Crippen molar-refractivity contribution < 1.29 is 4.74 Å². The van der Waals surface area contributed by atoms with Gasteiger partial charge in [-0.2, -0.15) is 0 Å². The largest absolute Gasteiger partial charge is 0.491 e. The lowest BCUT2D eigenvalue weighted by molar-refractivity contribution is 0.242. The van der Waals surface area contributed by atoms with E-state index in [4.69, 9.17) is 4.74 Å². The van der Waals surface area contributed by atoms with Gasteiger partial charge in [0.15, 0.2) is 0 Å². The van der Waals surface area contributed by atoms with E-state index in [-0.39, 0.29) is 12.1 Å². The minimum atomic E-state index is -0.0358. The van der Waals surface area contributed by atoms with Crippen LogP contribution in [0.15, 0.2) is 36.7 Å². The standard InChI is InChI=1S/C16H21N3O/c1-11(2)20-14-7-5-6-13(8-14)15(17-4)16-18-9-12(3)10-19-16/h5-11,15,17H,1-4H3. The lowest BCUT2D eigenvalue weighted by Gasteiger charge is -2.17. The van der Waals surface area contributed by atoms with Crippen LogP contribution in [0.25, 0.3) is 0 Å². The second kappa shape index (κ2) is 6.48. The van der Waals surface area contributed by atoms with Gasteiger partial charge in [-0.1, -0.05) is 12.1 Å². The Morgan fingerprint density at radius 2 is 1.85 bits per heavy atom. The minimum absolute atomic E-state index is 0.0358. The number of nitrogens with one attached hydrogen (secondary N) is 1. The molecular formula is C16H21N3O. The fraction of sp³-hybridized carbons (Fsp3) is 0.375. The van der Waals surface area contributed by atoms with Crippen LogP contribution in [0.1, 0.15) is 36.8 Å². The smallest absolute Gasteiger partial charge is 0.149 e. The third-order valence-corrected chi connectivity index (χ3v) is 2.91. The van der Waals surface area contributed by atoms with Crippen molar-refractivity contribution in [3.8, 4) is 5.75 Å². The van der Waals surface area contributed by atoms with Gasteiger partial charge in [0.25, 0.3) is 0 Å². The molecule has 0 bridgehead atoms. The van der Waals surface area contributed by atoms with Gasteiger partial charge in [0, 0.05) is 12.4 Å². The van der Waals surface area contributed by atoms with Gasteiger partial charge in [0.05, 0.1) is 12.1 Å². The Hall–Kier alpha value is -1.94. The number of ether oxygens (including phenoxy) is 1. The molecular weight excluding hydrogens is 250 g/mol. The Labute approximate surface area is 120 Å². The summed E-state index contributed by atoms with van der Waals surface area (Å²) in [6.45, 7) is 6.02. The molecule has 0 aliphatic rings. The summed E-state index contributed by atoms with van der Waals surface area (Å²) in [5.74, 6) is 1.63. The zero-order chi connectivity index (χ0) is 14.5. The van der Waals surface area contributed by atoms with Crippen LogP contribution >= 0.6 is 0 Å². The lowest BCUT2D eigenvalue weighted by Crippen LogP contribution is -2.20. The van der Waals surface area contributed by atoms with Gasteiger partial charge in [-0.25, -0.2) is 9.97 Å². The quantitative estimate of drug-likeness (QED) is 0.908. The first-order chi connectivity index (χ1) is 9.60. The molecule has 0 radical (unpaired) electrons. The molecule has 0 saturated heterocycles. The monoisotopic (exact) mass is 271 g/mol. The summed E-state index contributed by atoms with van der Waals surface area (Å²) >= 11 is 0. The van der Waals surface area contributed by atoms with E-state index in [0.29, 0.717) is 0 Å². The molecule has 1 atom stereocenters. The molecule has 0 fully saturated rings. The zero-order valence-corrected chi connectivity index (χ0v) is 12.4. The van der Waals surface area contributed by atoms with Gasteiger partial charge in [0.1, 0.15) is 11.6 Å². The van der Waals surface area contributed by atoms with Gasteiger partial charge in [-0.3, -0.25) is 0 Å². The van der Waals surface area contributed by atoms with Crippen LogP contribution in [-0.2, 0) is 0 Å². The van der Waals surface area contributed by atoms with Crippen molar-refractivity contribution >= 4 is 0 Å². The molecule has 1 N–H and O–H groups in total. The molecule has 106 valence electrons. The van der Waals surface area contributed by atoms with Gasteiger partial charge in [-0.05, 0) is 51.1 Å². The molecule has 1 heterocycles. The lowest BCUT2D eigenvalue weighted by atomic mass is 10.1. The van der Waals surface area contributed by atoms with E-state index in [1.54, 1.807) is 0 Å². The number of hydrogen-bond donors (Lipinski definition) is 1. The molecule has 4 heteroatoms. The average Bonchev–Trinajstić information content (AvgIpc) is 2.41. The molecule has 0 saturated carbocycles. The Kier molecular flexibility index (Phi) is 4.69. The maximum Gasteiger partial charge on any atom is 0.149 e. The first-order valence-electron chi connectivity index (χ1n) is 6.82. The normalized spacial score (nSPS) is 12.4. The Morgan fingerprint density at radius 1 is 1.15 bits per heavy atom. The van der Waals surface area contributed by atoms with Crippen LogP contribution in [0, 0.1) is 6.92 Å². The van der Waals surface area contributed by atoms with Crippen molar-refractivity contribution in [1.29, 1.82) is 0 Å². The van der Waals surface area contributed by atoms with Crippen LogP contribution < -0.4 is 10.1 Å². The first kappa shape index (κ1) is 14.5. The van der Waals surface area contributed by atoms with E-state index in [0.717, 1.165) is 22.7 Å². The molecule has 0 amide bonds. The van der Waals surface area contributed by atoms with E-state index < -0.39 is 0 Å². The maximum atomic E-state index is 5.74. The molecule has 0 spiro atoms. The first-order valence-corrected chi connectivity index (χ1v) is 6.82. The summed E-state index contributed by atoms with van der Waals surface area (Å²) in [6.07, 6.45) is 3.83. The highest BCUT2D eigenvalue weighted by atomic mass is 16.5. The fourth-order valence-corrected chi connectivity index (χ4v) is 2.04. The summed E-state index contributed by atoms with van der Waals surface area (Å²) in [5, 5.41) is 3.25. The van der Waals surface area contributed by atoms with E-state index >= 15 is 0 Å². The zero-order valence-electron chi connectivity index (χ0n) is 12.4. The molecule has 0 aliphatic carbocycles. The van der Waals surface area contributed by atoms with E-state index in [9.17, 15) is 0 Å². The highest BCUT2D eigenvalue weighted by Gasteiger charge is 2.15. The molecule has 1 aromatic heterocycles. The summed E-state index contributed by atoms with van der Waals surface area (Å²) in [5.41, 5.74) is 2.15. The van der Waals surface area contributed by atoms with Gasteiger partial charge >= 0.3 is 0 Å². The summed E-state index contributed by atoms with van der Waals surface area (Å²) in [4.78, 5) is 8.80. The number of hydrogen-bond acceptors (Lipinski definition) is 4. The second-order valence-corrected chi connectivity index (χ2v) is 5.08. The Balaban J connectivity index is 2.29. The molecule has 20 heavy (non-hydrogen) atoms. The van der Waals surface area contributed by atoms with Crippen molar-refractivity contribution in [2.75, 3.05) is 7.05 Å². The van der Waals surface area contributed by atoms with Crippen molar-refractivity contribution in [3.05, 3.63) is 53.6 Å². The predicted octanol–water partition coefficient (Wildman–Crippen LogP) is 2.88. The molecule has 4 nitrogen and oxygen atoms in total. The van der Waals surface area contributed by atoms with Crippen LogP contribution in [-0.4, -0.2) is 23.1 Å². The van der Waals surface area contributed by atoms with Gasteiger partial charge in [-0.15, -0.1) is 0 Å². The predicted molar refractivity (Wildman–Crippen MR) is 79.9 cm³/mol. The van der Waals surface area contributed by atoms with Crippen LogP contribution in [0.5, 0.6) is 5.75 Å². The molecule has 0 aliphatic heterocycles. The van der Waals surface area contributed by atoms with Crippen molar-refractivity contribution in [3.63, 3.8) is 0 Å². The van der Waals surface area contributed by atoms with E-state index in [2.05, 4.69) is 21.4 Å². The average molecular weight is 271 g/mol. The Bertz CT molecular complexity index is 552. The van der Waals surface area contributed by atoms with E-state index in [1.807, 2.05) is 58.4 Å². The summed E-state index contributed by atoms with van der Waals surface area (Å²) in [6, 6.07) is 8.01. The maximum absolute atomic E-state index is 5.74. The SMILES string of the molecule is CNC(c1cccc(OC(C)C)c1)c1ncc(C)cn1. The minimum Gasteiger partial charge on any atom is -0.491 e. The number of rotatable bonds is 5. The highest BCUT2D eigenvalue weighted by Crippen LogP contribution is 2.23. The fourth-order valence-electron chi connectivity index (χ4n) is 2.04. The highest BCUT2D eigenvalue weighted by molar-refractivity contribution is 5.33. The van der Waals surface area contributed by atoms with Crippen LogP contribution in [0.2, 0.25) is 0 Å². The molecule has 1 aromatic carbocycles. The van der Waals surface area contributed by atoms with Gasteiger partial charge in [0.2, 0.25) is 0 Å². The topological polar surface area (TPSA) is 47.0 Å². The van der Waals surface area contributed by atoms with Crippen LogP contribution in [0.3, 0.4) is 0 Å². The van der Waals surface area contributed by atoms with Crippen molar-refractivity contribution in [1.82, 2.24) is 15.3 Å². The summed E-state index contributed by atoms with van der Waals surface area (Å²) in [7, 11) is 1.91. The number of aryl methyl sites for hydroxylation is 1. The van der Waals surface area contributed by atoms with E-state index in [1.165, 1.54) is 0 Å². The second-order valence-electron chi connectivity index (χ2n) is 5.08. The van der Waals surface area contributed by atoms with Gasteiger partial charge < -0.3 is 10.1 Å². The number of nitrogens with zero attached hydrogens (tertiary/aromatic N) is 2. The molecule has 1 unspecified atom stereocenters. The third kappa shape index (κ3) is 3.54.